The quantitative estimate of drug-likeness (QED) is 0.704. The summed E-state index contributed by atoms with van der Waals surface area (Å²) in [6, 6.07) is 11.2. The highest BCUT2D eigenvalue weighted by Crippen LogP contribution is 2.49. The summed E-state index contributed by atoms with van der Waals surface area (Å²) in [5.41, 5.74) is 2.00. The molecule has 0 saturated heterocycles. The van der Waals surface area contributed by atoms with E-state index in [9.17, 15) is 18.0 Å². The number of rotatable bonds is 3. The van der Waals surface area contributed by atoms with Crippen LogP contribution in [-0.2, 0) is 22.1 Å². The van der Waals surface area contributed by atoms with E-state index in [4.69, 9.17) is 9.47 Å². The van der Waals surface area contributed by atoms with Crippen LogP contribution in [0.4, 0.5) is 13.2 Å². The van der Waals surface area contributed by atoms with Gasteiger partial charge in [0.05, 0.1) is 18.6 Å². The molecule has 1 fully saturated rings. The van der Waals surface area contributed by atoms with Gasteiger partial charge in [0, 0.05) is 0 Å². The Morgan fingerprint density at radius 1 is 1.15 bits per heavy atom. The molecule has 27 heavy (non-hydrogen) atoms. The number of fused-ring (bicyclic) bond motifs is 1. The van der Waals surface area contributed by atoms with E-state index in [1.54, 1.807) is 6.07 Å². The number of methoxy groups -OCH3 is 1. The number of ether oxygens (including phenoxy) is 2. The minimum atomic E-state index is -4.36. The summed E-state index contributed by atoms with van der Waals surface area (Å²) < 4.78 is 49.6. The SMILES string of the molecule is COC(=O)C1CC1c1ccc2c(c1)CCC(c1cccc(C(F)(F)F)c1)O2. The lowest BCUT2D eigenvalue weighted by Gasteiger charge is -2.27. The number of hydrogen-bond donors (Lipinski definition) is 0. The first-order valence-electron chi connectivity index (χ1n) is 8.91. The van der Waals surface area contributed by atoms with Crippen LogP contribution in [0.15, 0.2) is 42.5 Å². The molecule has 0 radical (unpaired) electrons. The molecule has 3 nitrogen and oxygen atoms in total. The second-order valence-electron chi connectivity index (χ2n) is 7.11. The largest absolute Gasteiger partial charge is 0.485 e. The zero-order chi connectivity index (χ0) is 19.2. The van der Waals surface area contributed by atoms with Crippen molar-refractivity contribution < 1.29 is 27.4 Å². The van der Waals surface area contributed by atoms with Crippen LogP contribution >= 0.6 is 0 Å². The van der Waals surface area contributed by atoms with Gasteiger partial charge in [-0.25, -0.2) is 0 Å². The standard InChI is InChI=1S/C21H19F3O3/c1-26-20(25)17-11-16(17)12-5-7-19-14(9-12)6-8-18(27-19)13-3-2-4-15(10-13)21(22,23)24/h2-5,7,9-10,16-18H,6,8,11H2,1H3. The molecule has 3 atom stereocenters. The maximum Gasteiger partial charge on any atom is 0.416 e. The van der Waals surface area contributed by atoms with Crippen molar-refractivity contribution in [2.75, 3.05) is 7.11 Å². The van der Waals surface area contributed by atoms with Gasteiger partial charge in [0.15, 0.2) is 0 Å². The van der Waals surface area contributed by atoms with Gasteiger partial charge in [0.25, 0.3) is 0 Å². The van der Waals surface area contributed by atoms with Gasteiger partial charge in [-0.05, 0) is 60.1 Å². The van der Waals surface area contributed by atoms with E-state index >= 15 is 0 Å². The number of alkyl halides is 3. The van der Waals surface area contributed by atoms with Crippen molar-refractivity contribution in [3.05, 3.63) is 64.7 Å². The fourth-order valence-corrected chi connectivity index (χ4v) is 3.76. The smallest absolute Gasteiger partial charge is 0.416 e. The lowest BCUT2D eigenvalue weighted by atomic mass is 9.94. The molecule has 0 bridgehead atoms. The second-order valence-corrected chi connectivity index (χ2v) is 7.11. The van der Waals surface area contributed by atoms with E-state index in [0.29, 0.717) is 17.7 Å². The molecule has 2 aliphatic rings. The average Bonchev–Trinajstić information content (AvgIpc) is 3.47. The molecule has 0 aromatic heterocycles. The molecular weight excluding hydrogens is 357 g/mol. The van der Waals surface area contributed by atoms with E-state index in [-0.39, 0.29) is 17.8 Å². The number of aryl methyl sites for hydroxylation is 1. The molecule has 3 unspecified atom stereocenters. The Balaban J connectivity index is 1.51. The summed E-state index contributed by atoms with van der Waals surface area (Å²) in [4.78, 5) is 11.6. The summed E-state index contributed by atoms with van der Waals surface area (Å²) >= 11 is 0. The molecule has 4 rings (SSSR count). The van der Waals surface area contributed by atoms with Crippen LogP contribution in [0.5, 0.6) is 5.75 Å². The highest BCUT2D eigenvalue weighted by Gasteiger charge is 2.45. The number of benzene rings is 2. The molecular formula is C21H19F3O3. The molecule has 1 heterocycles. The highest BCUT2D eigenvalue weighted by molar-refractivity contribution is 5.77. The summed E-state index contributed by atoms with van der Waals surface area (Å²) in [5, 5.41) is 0. The van der Waals surface area contributed by atoms with Crippen LogP contribution < -0.4 is 4.74 Å². The molecule has 1 aliphatic heterocycles. The molecule has 1 saturated carbocycles. The number of esters is 1. The topological polar surface area (TPSA) is 35.5 Å². The second kappa shape index (κ2) is 6.59. The zero-order valence-electron chi connectivity index (χ0n) is 14.8. The lowest BCUT2D eigenvalue weighted by Crippen LogP contribution is -2.16. The number of carbonyl (C=O) groups is 1. The van der Waals surface area contributed by atoms with Gasteiger partial charge in [-0.2, -0.15) is 13.2 Å². The van der Waals surface area contributed by atoms with E-state index in [0.717, 1.165) is 36.1 Å². The Bertz CT molecular complexity index is 875. The van der Waals surface area contributed by atoms with Crippen molar-refractivity contribution in [2.24, 2.45) is 5.92 Å². The first-order valence-corrected chi connectivity index (χ1v) is 8.91. The van der Waals surface area contributed by atoms with Crippen molar-refractivity contribution in [1.82, 2.24) is 0 Å². The predicted molar refractivity (Wildman–Crippen MR) is 92.4 cm³/mol. The van der Waals surface area contributed by atoms with Crippen LogP contribution in [0.1, 0.15) is 47.1 Å². The minimum Gasteiger partial charge on any atom is -0.485 e. The van der Waals surface area contributed by atoms with Gasteiger partial charge in [-0.1, -0.05) is 24.3 Å². The summed E-state index contributed by atoms with van der Waals surface area (Å²) in [7, 11) is 1.40. The van der Waals surface area contributed by atoms with E-state index in [1.807, 2.05) is 18.2 Å². The molecule has 6 heteroatoms. The van der Waals surface area contributed by atoms with Crippen molar-refractivity contribution in [3.63, 3.8) is 0 Å². The molecule has 2 aromatic carbocycles. The van der Waals surface area contributed by atoms with Crippen LogP contribution in [0.2, 0.25) is 0 Å². The third-order valence-electron chi connectivity index (χ3n) is 5.34. The van der Waals surface area contributed by atoms with E-state index < -0.39 is 17.8 Å². The van der Waals surface area contributed by atoms with Gasteiger partial charge in [0.2, 0.25) is 0 Å². The Labute approximate surface area is 155 Å². The molecule has 0 N–H and O–H groups in total. The van der Waals surface area contributed by atoms with Gasteiger partial charge in [-0.15, -0.1) is 0 Å². The Morgan fingerprint density at radius 3 is 2.70 bits per heavy atom. The lowest BCUT2D eigenvalue weighted by molar-refractivity contribution is -0.142. The Morgan fingerprint density at radius 2 is 1.96 bits per heavy atom. The van der Waals surface area contributed by atoms with Crippen molar-refractivity contribution in [2.45, 2.75) is 37.5 Å². The summed E-state index contributed by atoms with van der Waals surface area (Å²) in [5.74, 6) is 0.626. The maximum absolute atomic E-state index is 12.9. The molecule has 2 aromatic rings. The first kappa shape index (κ1) is 17.9. The fraction of sp³-hybridized carbons (Fsp3) is 0.381. The van der Waals surface area contributed by atoms with E-state index in [2.05, 4.69) is 0 Å². The number of halogens is 3. The maximum atomic E-state index is 12.9. The third-order valence-corrected chi connectivity index (χ3v) is 5.34. The number of hydrogen-bond acceptors (Lipinski definition) is 3. The predicted octanol–water partition coefficient (Wildman–Crippen LogP) is 5.05. The van der Waals surface area contributed by atoms with Gasteiger partial charge >= 0.3 is 12.1 Å². The van der Waals surface area contributed by atoms with Crippen molar-refractivity contribution in [1.29, 1.82) is 0 Å². The van der Waals surface area contributed by atoms with E-state index in [1.165, 1.54) is 13.2 Å². The highest BCUT2D eigenvalue weighted by atomic mass is 19.4. The Kier molecular flexibility index (Phi) is 4.36. The molecule has 0 spiro atoms. The molecule has 0 amide bonds. The van der Waals surface area contributed by atoms with Crippen LogP contribution in [-0.4, -0.2) is 13.1 Å². The van der Waals surface area contributed by atoms with Crippen LogP contribution in [0.3, 0.4) is 0 Å². The van der Waals surface area contributed by atoms with Gasteiger partial charge < -0.3 is 9.47 Å². The Hall–Kier alpha value is -2.50. The van der Waals surface area contributed by atoms with Gasteiger partial charge in [0.1, 0.15) is 11.9 Å². The normalized spacial score (nSPS) is 23.9. The molecule has 142 valence electrons. The van der Waals surface area contributed by atoms with Crippen LogP contribution in [0, 0.1) is 5.92 Å². The number of carbonyl (C=O) groups excluding carboxylic acids is 1. The fourth-order valence-electron chi connectivity index (χ4n) is 3.76. The van der Waals surface area contributed by atoms with Crippen molar-refractivity contribution in [3.8, 4) is 5.75 Å². The zero-order valence-corrected chi connectivity index (χ0v) is 14.8. The summed E-state index contributed by atoms with van der Waals surface area (Å²) in [6.45, 7) is 0. The minimum absolute atomic E-state index is 0.0737. The third kappa shape index (κ3) is 3.53. The molecule has 1 aliphatic carbocycles. The average molecular weight is 376 g/mol. The first-order chi connectivity index (χ1) is 12.9. The summed E-state index contributed by atoms with van der Waals surface area (Å²) in [6.07, 6.45) is -2.63. The van der Waals surface area contributed by atoms with Crippen molar-refractivity contribution >= 4 is 5.97 Å². The van der Waals surface area contributed by atoms with Gasteiger partial charge in [-0.3, -0.25) is 4.79 Å². The monoisotopic (exact) mass is 376 g/mol. The van der Waals surface area contributed by atoms with Crippen LogP contribution in [0.25, 0.3) is 0 Å².